The zero-order chi connectivity index (χ0) is 15.3. The SMILES string of the molecule is CCNC(c1ccccc1OC(F)(F)F)C1CCCCC1. The Bertz CT molecular complexity index is 441. The highest BCUT2D eigenvalue weighted by Crippen LogP contribution is 2.39. The summed E-state index contributed by atoms with van der Waals surface area (Å²) in [6.45, 7) is 2.70. The van der Waals surface area contributed by atoms with Gasteiger partial charge in [-0.2, -0.15) is 0 Å². The molecule has 1 aromatic carbocycles. The van der Waals surface area contributed by atoms with Gasteiger partial charge in [0.15, 0.2) is 0 Å². The topological polar surface area (TPSA) is 21.3 Å². The summed E-state index contributed by atoms with van der Waals surface area (Å²) in [6, 6.07) is 6.41. The number of nitrogens with one attached hydrogen (secondary N) is 1. The van der Waals surface area contributed by atoms with Crippen molar-refractivity contribution in [3.8, 4) is 5.75 Å². The molecule has 1 aromatic rings. The summed E-state index contributed by atoms with van der Waals surface area (Å²) in [5, 5.41) is 3.35. The molecule has 118 valence electrons. The van der Waals surface area contributed by atoms with Gasteiger partial charge in [-0.15, -0.1) is 13.2 Å². The first-order valence-corrected chi connectivity index (χ1v) is 7.59. The minimum absolute atomic E-state index is 0.0751. The van der Waals surface area contributed by atoms with Crippen molar-refractivity contribution in [1.29, 1.82) is 0 Å². The summed E-state index contributed by atoms with van der Waals surface area (Å²) >= 11 is 0. The number of ether oxygens (including phenoxy) is 1. The predicted octanol–water partition coefficient (Wildman–Crippen LogP) is 4.82. The number of hydrogen-bond acceptors (Lipinski definition) is 2. The Morgan fingerprint density at radius 1 is 1.19 bits per heavy atom. The molecule has 1 atom stereocenters. The molecule has 2 rings (SSSR count). The summed E-state index contributed by atoms with van der Waals surface area (Å²) in [6.07, 6.45) is 0.967. The fourth-order valence-electron chi connectivity index (χ4n) is 3.17. The van der Waals surface area contributed by atoms with Gasteiger partial charge >= 0.3 is 6.36 Å². The Morgan fingerprint density at radius 3 is 2.48 bits per heavy atom. The van der Waals surface area contributed by atoms with Crippen molar-refractivity contribution < 1.29 is 17.9 Å². The Kier molecular flexibility index (Phi) is 5.51. The third-order valence-electron chi connectivity index (χ3n) is 4.03. The molecule has 1 N–H and O–H groups in total. The van der Waals surface area contributed by atoms with Crippen LogP contribution in [0.15, 0.2) is 24.3 Å². The summed E-state index contributed by atoms with van der Waals surface area (Å²) in [5.74, 6) is 0.290. The van der Waals surface area contributed by atoms with Gasteiger partial charge in [-0.25, -0.2) is 0 Å². The van der Waals surface area contributed by atoms with Crippen LogP contribution in [0.4, 0.5) is 13.2 Å². The van der Waals surface area contributed by atoms with Gasteiger partial charge in [0.25, 0.3) is 0 Å². The normalized spacial score (nSPS) is 18.5. The smallest absolute Gasteiger partial charge is 0.405 e. The molecule has 1 aliphatic rings. The zero-order valence-corrected chi connectivity index (χ0v) is 12.2. The third kappa shape index (κ3) is 4.63. The van der Waals surface area contributed by atoms with Crippen LogP contribution in [-0.4, -0.2) is 12.9 Å². The number of rotatable bonds is 5. The van der Waals surface area contributed by atoms with Crippen LogP contribution in [0.3, 0.4) is 0 Å². The van der Waals surface area contributed by atoms with E-state index in [1.54, 1.807) is 18.2 Å². The second-order valence-electron chi connectivity index (χ2n) is 5.52. The van der Waals surface area contributed by atoms with Gasteiger partial charge in [0.2, 0.25) is 0 Å². The molecule has 1 saturated carbocycles. The summed E-state index contributed by atoms with van der Waals surface area (Å²) in [4.78, 5) is 0. The van der Waals surface area contributed by atoms with Crippen molar-refractivity contribution in [2.24, 2.45) is 5.92 Å². The van der Waals surface area contributed by atoms with Crippen LogP contribution in [0.5, 0.6) is 5.75 Å². The van der Waals surface area contributed by atoms with Gasteiger partial charge in [-0.1, -0.05) is 44.4 Å². The molecular formula is C16H22F3NO. The first kappa shape index (κ1) is 16.1. The second kappa shape index (κ2) is 7.16. The van der Waals surface area contributed by atoms with E-state index in [0.29, 0.717) is 11.5 Å². The first-order chi connectivity index (χ1) is 10.0. The third-order valence-corrected chi connectivity index (χ3v) is 4.03. The number of alkyl halides is 3. The fourth-order valence-corrected chi connectivity index (χ4v) is 3.17. The fraction of sp³-hybridized carbons (Fsp3) is 0.625. The van der Waals surface area contributed by atoms with Crippen LogP contribution in [-0.2, 0) is 0 Å². The van der Waals surface area contributed by atoms with E-state index < -0.39 is 6.36 Å². The largest absolute Gasteiger partial charge is 0.573 e. The zero-order valence-electron chi connectivity index (χ0n) is 12.2. The van der Waals surface area contributed by atoms with E-state index in [1.165, 1.54) is 12.5 Å². The van der Waals surface area contributed by atoms with Gasteiger partial charge in [0.05, 0.1) is 0 Å². The summed E-state index contributed by atoms with van der Waals surface area (Å²) < 4.78 is 41.9. The molecule has 0 heterocycles. The van der Waals surface area contributed by atoms with Crippen molar-refractivity contribution in [3.63, 3.8) is 0 Å². The van der Waals surface area contributed by atoms with E-state index in [9.17, 15) is 13.2 Å². The Hall–Kier alpha value is -1.23. The van der Waals surface area contributed by atoms with E-state index in [0.717, 1.165) is 32.2 Å². The lowest BCUT2D eigenvalue weighted by molar-refractivity contribution is -0.275. The molecule has 0 aliphatic heterocycles. The Morgan fingerprint density at radius 2 is 1.86 bits per heavy atom. The first-order valence-electron chi connectivity index (χ1n) is 7.59. The molecule has 5 heteroatoms. The maximum Gasteiger partial charge on any atom is 0.573 e. The predicted molar refractivity (Wildman–Crippen MR) is 76.1 cm³/mol. The molecule has 0 radical (unpaired) electrons. The highest BCUT2D eigenvalue weighted by atomic mass is 19.4. The molecule has 0 saturated heterocycles. The van der Waals surface area contributed by atoms with Crippen molar-refractivity contribution >= 4 is 0 Å². The highest BCUT2D eigenvalue weighted by molar-refractivity contribution is 5.36. The quantitative estimate of drug-likeness (QED) is 0.842. The van der Waals surface area contributed by atoms with E-state index in [4.69, 9.17) is 0 Å². The molecule has 1 aliphatic carbocycles. The van der Waals surface area contributed by atoms with Crippen LogP contribution in [0.2, 0.25) is 0 Å². The summed E-state index contributed by atoms with van der Waals surface area (Å²) in [5.41, 5.74) is 0.614. The number of para-hydroxylation sites is 1. The highest BCUT2D eigenvalue weighted by Gasteiger charge is 2.34. The van der Waals surface area contributed by atoms with Crippen LogP contribution < -0.4 is 10.1 Å². The van der Waals surface area contributed by atoms with E-state index in [2.05, 4.69) is 10.1 Å². The van der Waals surface area contributed by atoms with Gasteiger partial charge in [-0.3, -0.25) is 0 Å². The minimum atomic E-state index is -4.65. The van der Waals surface area contributed by atoms with E-state index >= 15 is 0 Å². The van der Waals surface area contributed by atoms with Crippen LogP contribution in [0.25, 0.3) is 0 Å². The molecule has 0 spiro atoms. The van der Waals surface area contributed by atoms with Crippen LogP contribution in [0.1, 0.15) is 50.6 Å². The monoisotopic (exact) mass is 301 g/mol. The minimum Gasteiger partial charge on any atom is -0.405 e. The lowest BCUT2D eigenvalue weighted by Crippen LogP contribution is -2.30. The van der Waals surface area contributed by atoms with Crippen molar-refractivity contribution in [2.75, 3.05) is 6.54 Å². The standard InChI is InChI=1S/C16H22F3NO/c1-2-20-15(12-8-4-3-5-9-12)13-10-6-7-11-14(13)21-16(17,18)19/h6-7,10-12,15,20H,2-5,8-9H2,1H3. The number of halogens is 3. The maximum atomic E-state index is 12.6. The molecule has 1 fully saturated rings. The second-order valence-corrected chi connectivity index (χ2v) is 5.52. The lowest BCUT2D eigenvalue weighted by Gasteiger charge is -2.32. The van der Waals surface area contributed by atoms with Gasteiger partial charge < -0.3 is 10.1 Å². The van der Waals surface area contributed by atoms with Gasteiger partial charge in [-0.05, 0) is 31.4 Å². The molecular weight excluding hydrogens is 279 g/mol. The van der Waals surface area contributed by atoms with E-state index in [-0.39, 0.29) is 11.8 Å². The van der Waals surface area contributed by atoms with Crippen molar-refractivity contribution in [3.05, 3.63) is 29.8 Å². The van der Waals surface area contributed by atoms with Crippen molar-refractivity contribution in [2.45, 2.75) is 51.4 Å². The number of benzene rings is 1. The average molecular weight is 301 g/mol. The molecule has 0 aromatic heterocycles. The molecule has 21 heavy (non-hydrogen) atoms. The van der Waals surface area contributed by atoms with Gasteiger partial charge in [0, 0.05) is 11.6 Å². The Labute approximate surface area is 123 Å². The number of hydrogen-bond donors (Lipinski definition) is 1. The molecule has 2 nitrogen and oxygen atoms in total. The Balaban J connectivity index is 2.26. The average Bonchev–Trinajstić information content (AvgIpc) is 2.45. The van der Waals surface area contributed by atoms with Gasteiger partial charge in [0.1, 0.15) is 5.75 Å². The molecule has 0 amide bonds. The lowest BCUT2D eigenvalue weighted by atomic mass is 9.81. The maximum absolute atomic E-state index is 12.6. The molecule has 1 unspecified atom stereocenters. The van der Waals surface area contributed by atoms with Crippen LogP contribution >= 0.6 is 0 Å². The van der Waals surface area contributed by atoms with Crippen molar-refractivity contribution in [1.82, 2.24) is 5.32 Å². The molecule has 0 bridgehead atoms. The summed E-state index contributed by atoms with van der Waals surface area (Å²) in [7, 11) is 0. The van der Waals surface area contributed by atoms with E-state index in [1.807, 2.05) is 6.92 Å². The van der Waals surface area contributed by atoms with Crippen LogP contribution in [0, 0.1) is 5.92 Å².